The van der Waals surface area contributed by atoms with Crippen LogP contribution in [0.25, 0.3) is 0 Å². The summed E-state index contributed by atoms with van der Waals surface area (Å²) in [7, 11) is 1.76. The molecule has 0 spiro atoms. The highest BCUT2D eigenvalue weighted by Crippen LogP contribution is 2.26. The molecule has 0 amide bonds. The fourth-order valence-electron chi connectivity index (χ4n) is 2.94. The van der Waals surface area contributed by atoms with Gasteiger partial charge >= 0.3 is 0 Å². The Labute approximate surface area is 133 Å². The van der Waals surface area contributed by atoms with Crippen molar-refractivity contribution in [2.24, 2.45) is 12.2 Å². The van der Waals surface area contributed by atoms with Crippen LogP contribution in [0.4, 0.5) is 0 Å². The van der Waals surface area contributed by atoms with E-state index in [2.05, 4.69) is 5.16 Å². The number of aryl methyl sites for hydroxylation is 1. The van der Waals surface area contributed by atoms with Gasteiger partial charge in [-0.3, -0.25) is 4.79 Å². The lowest BCUT2D eigenvalue weighted by Crippen LogP contribution is -2.37. The Morgan fingerprint density at radius 1 is 1.35 bits per heavy atom. The molecule has 23 heavy (non-hydrogen) atoms. The molecule has 120 valence electrons. The highest BCUT2D eigenvalue weighted by Gasteiger charge is 2.39. The molecule has 1 aliphatic carbocycles. The first-order valence-corrected chi connectivity index (χ1v) is 7.33. The quantitative estimate of drug-likeness (QED) is 0.316. The number of nitrogens with zero attached hydrogens (tertiary/aromatic N) is 3. The number of aliphatic hydroxyl groups is 1. The van der Waals surface area contributed by atoms with Gasteiger partial charge in [-0.2, -0.15) is 0 Å². The molecular weight excluding hydrogens is 298 g/mol. The second kappa shape index (κ2) is 5.94. The lowest BCUT2D eigenvalue weighted by atomic mass is 9.89. The van der Waals surface area contributed by atoms with Gasteiger partial charge in [-0.05, 0) is 6.92 Å². The second-order valence-electron chi connectivity index (χ2n) is 5.31. The van der Waals surface area contributed by atoms with E-state index in [1.807, 2.05) is 0 Å². The Kier molecular flexibility index (Phi) is 3.97. The van der Waals surface area contributed by atoms with E-state index >= 15 is 0 Å². The Morgan fingerprint density at radius 2 is 2.04 bits per heavy atom. The number of benzene rings is 1. The molecule has 7 nitrogen and oxygen atoms in total. The Bertz CT molecular complexity index is 795. The average Bonchev–Trinajstić information content (AvgIpc) is 2.85. The van der Waals surface area contributed by atoms with E-state index in [9.17, 15) is 15.1 Å². The summed E-state index contributed by atoms with van der Waals surface area (Å²) in [5.74, 6) is -0.174. The highest BCUT2D eigenvalue weighted by molar-refractivity contribution is 6.28. The summed E-state index contributed by atoms with van der Waals surface area (Å²) in [6.45, 7) is 2.27. The number of hydrogen-bond acceptors (Lipinski definition) is 5. The van der Waals surface area contributed by atoms with Crippen molar-refractivity contribution in [3.63, 3.8) is 0 Å². The number of rotatable bonds is 4. The maximum Gasteiger partial charge on any atom is 0.244 e. The standard InChI is InChI=1S/C16H17N3O4/c1-3-23-12(20)8-19-9-18(2)14-13(17-22)10-6-4-5-7-11(10)16(21)15(14)19/h4-7,9,12,20H,3,8H2,1-2H3/p+1. The number of fused-ring (bicyclic) bond motifs is 2. The molecule has 0 bridgehead atoms. The van der Waals surface area contributed by atoms with Crippen LogP contribution >= 0.6 is 0 Å². The van der Waals surface area contributed by atoms with E-state index in [4.69, 9.17) is 4.74 Å². The summed E-state index contributed by atoms with van der Waals surface area (Å²) in [6, 6.07) is 7.00. The van der Waals surface area contributed by atoms with Crippen LogP contribution in [0.1, 0.15) is 34.2 Å². The molecule has 1 atom stereocenters. The summed E-state index contributed by atoms with van der Waals surface area (Å²) in [5.41, 5.74) is 2.28. The Morgan fingerprint density at radius 3 is 2.70 bits per heavy atom. The zero-order valence-electron chi connectivity index (χ0n) is 12.9. The minimum absolute atomic E-state index is 0.115. The number of ether oxygens (including phenoxy) is 1. The van der Waals surface area contributed by atoms with Crippen molar-refractivity contribution >= 4 is 11.5 Å². The van der Waals surface area contributed by atoms with Crippen molar-refractivity contribution in [3.8, 4) is 0 Å². The molecule has 0 fully saturated rings. The van der Waals surface area contributed by atoms with Crippen LogP contribution in [0.2, 0.25) is 0 Å². The van der Waals surface area contributed by atoms with Crippen molar-refractivity contribution in [2.75, 3.05) is 6.61 Å². The molecule has 2 aromatic rings. The van der Waals surface area contributed by atoms with Crippen molar-refractivity contribution in [1.82, 2.24) is 4.57 Å². The minimum atomic E-state index is -1.02. The van der Waals surface area contributed by atoms with Crippen LogP contribution in [0, 0.1) is 0 Å². The molecule has 1 aliphatic rings. The van der Waals surface area contributed by atoms with Gasteiger partial charge in [0.05, 0.1) is 7.05 Å². The molecule has 1 unspecified atom stereocenters. The van der Waals surface area contributed by atoms with Crippen LogP contribution < -0.4 is 4.57 Å². The smallest absolute Gasteiger partial charge is 0.244 e. The molecule has 0 radical (unpaired) electrons. The van der Waals surface area contributed by atoms with Crippen molar-refractivity contribution < 1.29 is 24.4 Å². The van der Waals surface area contributed by atoms with Gasteiger partial charge in [0.1, 0.15) is 6.54 Å². The summed E-state index contributed by atoms with van der Waals surface area (Å²) >= 11 is 0. The summed E-state index contributed by atoms with van der Waals surface area (Å²) < 4.78 is 8.47. The summed E-state index contributed by atoms with van der Waals surface area (Å²) in [6.07, 6.45) is 0.665. The van der Waals surface area contributed by atoms with Crippen LogP contribution in [0.3, 0.4) is 0 Å². The highest BCUT2D eigenvalue weighted by atomic mass is 16.6. The van der Waals surface area contributed by atoms with Gasteiger partial charge in [0.2, 0.25) is 23.5 Å². The minimum Gasteiger partial charge on any atom is -0.410 e. The van der Waals surface area contributed by atoms with Crippen LogP contribution in [0.5, 0.6) is 0 Å². The SMILES string of the molecule is CCOC(O)Cn1c[n+](C)c2c1C(=O)c1ccccc1/C2=N/O. The number of aliphatic hydroxyl groups excluding tert-OH is 1. The fraction of sp³-hybridized carbons (Fsp3) is 0.312. The van der Waals surface area contributed by atoms with E-state index in [1.165, 1.54) is 0 Å². The average molecular weight is 316 g/mol. The van der Waals surface area contributed by atoms with E-state index in [0.717, 1.165) is 0 Å². The number of aromatic nitrogens is 2. The third-order valence-corrected chi connectivity index (χ3v) is 3.85. The molecule has 0 saturated carbocycles. The van der Waals surface area contributed by atoms with Crippen molar-refractivity contribution in [1.29, 1.82) is 0 Å². The first-order valence-electron chi connectivity index (χ1n) is 7.33. The molecular formula is C16H18N3O4+. The number of carbonyl (C=O) groups is 1. The van der Waals surface area contributed by atoms with Gasteiger partial charge < -0.3 is 15.1 Å². The third kappa shape index (κ3) is 2.43. The maximum absolute atomic E-state index is 12.8. The van der Waals surface area contributed by atoms with E-state index in [-0.39, 0.29) is 12.3 Å². The summed E-state index contributed by atoms with van der Waals surface area (Å²) in [5, 5.41) is 22.7. The zero-order chi connectivity index (χ0) is 16.6. The Balaban J connectivity index is 2.15. The number of oxime groups is 1. The Hall–Kier alpha value is -2.51. The van der Waals surface area contributed by atoms with Gasteiger partial charge in [-0.25, -0.2) is 9.13 Å². The van der Waals surface area contributed by atoms with Gasteiger partial charge in [0.15, 0.2) is 12.0 Å². The van der Waals surface area contributed by atoms with E-state index < -0.39 is 6.29 Å². The second-order valence-corrected chi connectivity index (χ2v) is 5.31. The number of carbonyl (C=O) groups excluding carboxylic acids is 1. The first-order chi connectivity index (χ1) is 11.1. The molecule has 1 heterocycles. The van der Waals surface area contributed by atoms with Crippen LogP contribution in [-0.4, -0.2) is 39.3 Å². The van der Waals surface area contributed by atoms with E-state index in [0.29, 0.717) is 34.8 Å². The van der Waals surface area contributed by atoms with Gasteiger partial charge in [-0.1, -0.05) is 29.4 Å². The van der Waals surface area contributed by atoms with Gasteiger partial charge in [0.25, 0.3) is 0 Å². The lowest BCUT2D eigenvalue weighted by Gasteiger charge is -2.15. The number of imidazole rings is 1. The fourth-order valence-corrected chi connectivity index (χ4v) is 2.94. The van der Waals surface area contributed by atoms with Crippen molar-refractivity contribution in [2.45, 2.75) is 19.8 Å². The summed E-state index contributed by atoms with van der Waals surface area (Å²) in [4.78, 5) is 12.8. The predicted molar refractivity (Wildman–Crippen MR) is 80.5 cm³/mol. The maximum atomic E-state index is 12.8. The first kappa shape index (κ1) is 15.4. The molecule has 3 rings (SSSR count). The molecule has 1 aromatic heterocycles. The molecule has 0 aliphatic heterocycles. The van der Waals surface area contributed by atoms with Crippen LogP contribution in [-0.2, 0) is 18.3 Å². The third-order valence-electron chi connectivity index (χ3n) is 3.85. The molecule has 0 saturated heterocycles. The lowest BCUT2D eigenvalue weighted by molar-refractivity contribution is -0.672. The largest absolute Gasteiger partial charge is 0.410 e. The molecule has 7 heteroatoms. The van der Waals surface area contributed by atoms with Gasteiger partial charge in [-0.15, -0.1) is 0 Å². The normalized spacial score (nSPS) is 16.3. The topological polar surface area (TPSA) is 87.9 Å². The van der Waals surface area contributed by atoms with Gasteiger partial charge in [0, 0.05) is 17.7 Å². The number of hydrogen-bond donors (Lipinski definition) is 2. The zero-order valence-corrected chi connectivity index (χ0v) is 12.9. The molecule has 1 aromatic carbocycles. The van der Waals surface area contributed by atoms with Crippen molar-refractivity contribution in [3.05, 3.63) is 53.1 Å². The monoisotopic (exact) mass is 316 g/mol. The molecule has 2 N–H and O–H groups in total. The van der Waals surface area contributed by atoms with E-state index in [1.54, 1.807) is 53.7 Å². The predicted octanol–water partition coefficient (Wildman–Crippen LogP) is 0.438. The van der Waals surface area contributed by atoms with Crippen LogP contribution in [0.15, 0.2) is 35.7 Å². The number of ketones is 1.